The van der Waals surface area contributed by atoms with E-state index in [-0.39, 0.29) is 5.91 Å². The zero-order valence-electron chi connectivity index (χ0n) is 17.2. The first-order valence-corrected chi connectivity index (χ1v) is 10.4. The summed E-state index contributed by atoms with van der Waals surface area (Å²) >= 11 is 0. The molecule has 0 atom stereocenters. The van der Waals surface area contributed by atoms with E-state index in [4.69, 9.17) is 4.74 Å². The smallest absolute Gasteiger partial charge is 0.255 e. The third kappa shape index (κ3) is 4.59. The van der Waals surface area contributed by atoms with E-state index in [0.717, 1.165) is 41.6 Å². The van der Waals surface area contributed by atoms with Crippen molar-refractivity contribution in [1.82, 2.24) is 9.97 Å². The van der Waals surface area contributed by atoms with Gasteiger partial charge in [0, 0.05) is 42.3 Å². The van der Waals surface area contributed by atoms with Crippen LogP contribution in [0.3, 0.4) is 0 Å². The molecule has 0 aliphatic carbocycles. The molecule has 1 N–H and O–H groups in total. The van der Waals surface area contributed by atoms with Crippen LogP contribution < -0.4 is 15.0 Å². The lowest BCUT2D eigenvalue weighted by atomic mass is 10.1. The standard InChI is InChI=1S/C24H26N4O2/c1-2-30-21-12-10-20(11-13-21)27-24(29)19-8-6-18(7-9-19)22-23(26-15-14-25-22)28-16-4-3-5-17-28/h6-15H,2-5,16-17H2,1H3,(H,27,29). The lowest BCUT2D eigenvalue weighted by Crippen LogP contribution is -2.30. The molecule has 3 aromatic rings. The van der Waals surface area contributed by atoms with Gasteiger partial charge in [0.2, 0.25) is 0 Å². The van der Waals surface area contributed by atoms with Gasteiger partial charge in [-0.25, -0.2) is 4.98 Å². The van der Waals surface area contributed by atoms with E-state index in [0.29, 0.717) is 12.2 Å². The molecule has 1 amide bonds. The zero-order chi connectivity index (χ0) is 20.8. The van der Waals surface area contributed by atoms with E-state index < -0.39 is 0 Å². The molecule has 154 valence electrons. The maximum absolute atomic E-state index is 12.6. The van der Waals surface area contributed by atoms with Gasteiger partial charge in [0.15, 0.2) is 5.82 Å². The molecule has 1 aliphatic rings. The highest BCUT2D eigenvalue weighted by atomic mass is 16.5. The monoisotopic (exact) mass is 402 g/mol. The number of carbonyl (C=O) groups is 1. The van der Waals surface area contributed by atoms with Crippen molar-refractivity contribution in [2.24, 2.45) is 0 Å². The zero-order valence-corrected chi connectivity index (χ0v) is 17.2. The Morgan fingerprint density at radius 3 is 2.37 bits per heavy atom. The van der Waals surface area contributed by atoms with Gasteiger partial charge in [-0.1, -0.05) is 12.1 Å². The number of nitrogens with zero attached hydrogens (tertiary/aromatic N) is 3. The van der Waals surface area contributed by atoms with Crippen LogP contribution >= 0.6 is 0 Å². The number of nitrogens with one attached hydrogen (secondary N) is 1. The highest BCUT2D eigenvalue weighted by molar-refractivity contribution is 6.04. The molecule has 6 heteroatoms. The van der Waals surface area contributed by atoms with Crippen LogP contribution in [0.2, 0.25) is 0 Å². The van der Waals surface area contributed by atoms with Crippen molar-refractivity contribution >= 4 is 17.4 Å². The largest absolute Gasteiger partial charge is 0.494 e. The SMILES string of the molecule is CCOc1ccc(NC(=O)c2ccc(-c3nccnc3N3CCCCC3)cc2)cc1. The van der Waals surface area contributed by atoms with Crippen molar-refractivity contribution in [3.63, 3.8) is 0 Å². The number of amides is 1. The van der Waals surface area contributed by atoms with Crippen LogP contribution in [-0.2, 0) is 0 Å². The molecule has 1 aliphatic heterocycles. The quantitative estimate of drug-likeness (QED) is 0.642. The van der Waals surface area contributed by atoms with Gasteiger partial charge in [0.05, 0.1) is 6.61 Å². The van der Waals surface area contributed by atoms with E-state index >= 15 is 0 Å². The van der Waals surface area contributed by atoms with E-state index in [1.54, 1.807) is 12.4 Å². The summed E-state index contributed by atoms with van der Waals surface area (Å²) in [7, 11) is 0. The number of rotatable bonds is 6. The first-order valence-electron chi connectivity index (χ1n) is 10.4. The minimum Gasteiger partial charge on any atom is -0.494 e. The Hall–Kier alpha value is -3.41. The molecule has 0 bridgehead atoms. The maximum atomic E-state index is 12.6. The summed E-state index contributed by atoms with van der Waals surface area (Å²) in [5.74, 6) is 1.55. The molecule has 4 rings (SSSR count). The fourth-order valence-electron chi connectivity index (χ4n) is 3.66. The molecule has 1 saturated heterocycles. The molecule has 0 spiro atoms. The van der Waals surface area contributed by atoms with Crippen LogP contribution in [-0.4, -0.2) is 35.6 Å². The Bertz CT molecular complexity index is 981. The summed E-state index contributed by atoms with van der Waals surface area (Å²) in [5.41, 5.74) is 3.14. The third-order valence-electron chi connectivity index (χ3n) is 5.18. The number of ether oxygens (including phenoxy) is 1. The Morgan fingerprint density at radius 2 is 1.67 bits per heavy atom. The summed E-state index contributed by atoms with van der Waals surface area (Å²) < 4.78 is 5.43. The van der Waals surface area contributed by atoms with Crippen molar-refractivity contribution < 1.29 is 9.53 Å². The summed E-state index contributed by atoms with van der Waals surface area (Å²) in [5, 5.41) is 2.92. The molecule has 0 radical (unpaired) electrons. The van der Waals surface area contributed by atoms with Crippen molar-refractivity contribution in [1.29, 1.82) is 0 Å². The normalized spacial score (nSPS) is 13.7. The van der Waals surface area contributed by atoms with Crippen molar-refractivity contribution in [3.8, 4) is 17.0 Å². The first kappa shape index (κ1) is 19.9. The summed E-state index contributed by atoms with van der Waals surface area (Å²) in [6.07, 6.45) is 7.09. The molecule has 6 nitrogen and oxygen atoms in total. The van der Waals surface area contributed by atoms with E-state index in [2.05, 4.69) is 20.2 Å². The van der Waals surface area contributed by atoms with Crippen molar-refractivity contribution in [2.45, 2.75) is 26.2 Å². The van der Waals surface area contributed by atoms with Gasteiger partial charge in [-0.2, -0.15) is 0 Å². The fourth-order valence-corrected chi connectivity index (χ4v) is 3.66. The number of hydrogen-bond donors (Lipinski definition) is 1. The summed E-state index contributed by atoms with van der Waals surface area (Å²) in [6, 6.07) is 14.9. The van der Waals surface area contributed by atoms with Crippen molar-refractivity contribution in [3.05, 3.63) is 66.5 Å². The van der Waals surface area contributed by atoms with Gasteiger partial charge in [0.1, 0.15) is 11.4 Å². The number of aromatic nitrogens is 2. The number of piperidine rings is 1. The predicted octanol–water partition coefficient (Wildman–Crippen LogP) is 4.78. The van der Waals surface area contributed by atoms with Gasteiger partial charge < -0.3 is 15.0 Å². The highest BCUT2D eigenvalue weighted by Crippen LogP contribution is 2.29. The molecule has 0 saturated carbocycles. The van der Waals surface area contributed by atoms with Crippen LogP contribution in [0.25, 0.3) is 11.3 Å². The predicted molar refractivity (Wildman–Crippen MR) is 119 cm³/mol. The Balaban J connectivity index is 1.48. The number of hydrogen-bond acceptors (Lipinski definition) is 5. The second-order valence-electron chi connectivity index (χ2n) is 7.27. The van der Waals surface area contributed by atoms with Crippen LogP contribution in [0.15, 0.2) is 60.9 Å². The van der Waals surface area contributed by atoms with E-state index in [1.807, 2.05) is 55.5 Å². The molecule has 2 aromatic carbocycles. The Kier molecular flexibility index (Phi) is 6.23. The highest BCUT2D eigenvalue weighted by Gasteiger charge is 2.18. The molecule has 30 heavy (non-hydrogen) atoms. The molecular weight excluding hydrogens is 376 g/mol. The minimum atomic E-state index is -0.152. The van der Waals surface area contributed by atoms with Gasteiger partial charge in [-0.05, 0) is 62.6 Å². The lowest BCUT2D eigenvalue weighted by Gasteiger charge is -2.28. The van der Waals surface area contributed by atoms with E-state index in [9.17, 15) is 4.79 Å². The minimum absolute atomic E-state index is 0.152. The summed E-state index contributed by atoms with van der Waals surface area (Å²) in [4.78, 5) is 24.1. The van der Waals surface area contributed by atoms with E-state index in [1.165, 1.54) is 19.3 Å². The molecule has 1 fully saturated rings. The van der Waals surface area contributed by atoms with Gasteiger partial charge in [-0.15, -0.1) is 0 Å². The average Bonchev–Trinajstić information content (AvgIpc) is 2.81. The van der Waals surface area contributed by atoms with Gasteiger partial charge in [0.25, 0.3) is 5.91 Å². The summed E-state index contributed by atoms with van der Waals surface area (Å²) in [6.45, 7) is 4.57. The van der Waals surface area contributed by atoms with Crippen LogP contribution in [0.4, 0.5) is 11.5 Å². The van der Waals surface area contributed by atoms with Crippen LogP contribution in [0, 0.1) is 0 Å². The topological polar surface area (TPSA) is 67.3 Å². The number of anilines is 2. The second-order valence-corrected chi connectivity index (χ2v) is 7.27. The Labute approximate surface area is 176 Å². The first-order chi connectivity index (χ1) is 14.7. The van der Waals surface area contributed by atoms with Gasteiger partial charge in [-0.3, -0.25) is 9.78 Å². The molecule has 1 aromatic heterocycles. The molecular formula is C24H26N4O2. The van der Waals surface area contributed by atoms with Gasteiger partial charge >= 0.3 is 0 Å². The van der Waals surface area contributed by atoms with Crippen molar-refractivity contribution in [2.75, 3.05) is 29.9 Å². The third-order valence-corrected chi connectivity index (χ3v) is 5.18. The second kappa shape index (κ2) is 9.39. The van der Waals surface area contributed by atoms with Crippen LogP contribution in [0.1, 0.15) is 36.5 Å². The maximum Gasteiger partial charge on any atom is 0.255 e. The molecule has 2 heterocycles. The number of carbonyl (C=O) groups excluding carboxylic acids is 1. The van der Waals surface area contributed by atoms with Crippen LogP contribution in [0.5, 0.6) is 5.75 Å². The lowest BCUT2D eigenvalue weighted by molar-refractivity contribution is 0.102. The fraction of sp³-hybridized carbons (Fsp3) is 0.292. The molecule has 0 unspecified atom stereocenters. The number of benzene rings is 2. The average molecular weight is 402 g/mol. The Morgan fingerprint density at radius 1 is 0.967 bits per heavy atom.